The van der Waals surface area contributed by atoms with Crippen molar-refractivity contribution in [3.63, 3.8) is 0 Å². The Balaban J connectivity index is 1.98. The maximum Gasteiger partial charge on any atom is 0.300 e. The highest BCUT2D eigenvalue weighted by Gasteiger charge is 2.47. The standard InChI is InChI=1S/C27H24ClNO5/c1-15-10-11-18(12-16(15)2)29-24(17-8-6-5-7-9-17)23(26(31)27(29)32)25(30)19-13-20(28)22(34-4)14-21(19)33-3/h5-14,24,30H,1-4H3/b25-23+. The molecule has 1 unspecified atom stereocenters. The van der Waals surface area contributed by atoms with E-state index in [1.807, 2.05) is 56.3 Å². The van der Waals surface area contributed by atoms with Crippen molar-refractivity contribution in [2.75, 3.05) is 19.1 Å². The Morgan fingerprint density at radius 3 is 2.21 bits per heavy atom. The number of benzene rings is 3. The summed E-state index contributed by atoms with van der Waals surface area (Å²) in [6.07, 6.45) is 0. The minimum atomic E-state index is -0.839. The van der Waals surface area contributed by atoms with Crippen LogP contribution in [0.1, 0.15) is 28.3 Å². The van der Waals surface area contributed by atoms with Gasteiger partial charge in [0.15, 0.2) is 0 Å². The summed E-state index contributed by atoms with van der Waals surface area (Å²) in [5.41, 5.74) is 3.43. The zero-order valence-corrected chi connectivity index (χ0v) is 20.0. The van der Waals surface area contributed by atoms with E-state index in [0.717, 1.165) is 11.1 Å². The van der Waals surface area contributed by atoms with Crippen molar-refractivity contribution in [1.29, 1.82) is 0 Å². The summed E-state index contributed by atoms with van der Waals surface area (Å²) in [6, 6.07) is 16.8. The van der Waals surface area contributed by atoms with E-state index in [-0.39, 0.29) is 27.7 Å². The lowest BCUT2D eigenvalue weighted by Gasteiger charge is -2.26. The minimum Gasteiger partial charge on any atom is -0.507 e. The SMILES string of the molecule is COc1cc(OC)c(/C(O)=C2\C(=O)C(=O)N(c3ccc(C)c(C)c3)C2c2ccccc2)cc1Cl. The number of hydrogen-bond donors (Lipinski definition) is 1. The van der Waals surface area contributed by atoms with E-state index in [2.05, 4.69) is 0 Å². The van der Waals surface area contributed by atoms with Crippen LogP contribution in [0.3, 0.4) is 0 Å². The molecule has 1 heterocycles. The summed E-state index contributed by atoms with van der Waals surface area (Å²) in [5, 5.41) is 11.6. The van der Waals surface area contributed by atoms with Crippen LogP contribution in [-0.2, 0) is 9.59 Å². The van der Waals surface area contributed by atoms with E-state index >= 15 is 0 Å². The van der Waals surface area contributed by atoms with Crippen molar-refractivity contribution >= 4 is 34.7 Å². The second-order valence-corrected chi connectivity index (χ2v) is 8.44. The monoisotopic (exact) mass is 477 g/mol. The zero-order valence-electron chi connectivity index (χ0n) is 19.3. The zero-order chi connectivity index (χ0) is 24.6. The average molecular weight is 478 g/mol. The fraction of sp³-hybridized carbons (Fsp3) is 0.185. The van der Waals surface area contributed by atoms with Crippen molar-refractivity contribution in [1.82, 2.24) is 0 Å². The average Bonchev–Trinajstić information content (AvgIpc) is 3.11. The largest absolute Gasteiger partial charge is 0.507 e. The normalized spacial score (nSPS) is 17.2. The molecule has 0 saturated carbocycles. The first-order valence-corrected chi connectivity index (χ1v) is 11.0. The van der Waals surface area contributed by atoms with Gasteiger partial charge in [0.25, 0.3) is 11.7 Å². The van der Waals surface area contributed by atoms with E-state index in [9.17, 15) is 14.7 Å². The molecule has 174 valence electrons. The van der Waals surface area contributed by atoms with Gasteiger partial charge in [0.1, 0.15) is 17.3 Å². The molecule has 1 atom stereocenters. The number of amides is 1. The Labute approximate surface area is 203 Å². The predicted molar refractivity (Wildman–Crippen MR) is 132 cm³/mol. The van der Waals surface area contributed by atoms with Crippen LogP contribution in [0, 0.1) is 13.8 Å². The summed E-state index contributed by atoms with van der Waals surface area (Å²) in [6.45, 7) is 3.92. The van der Waals surface area contributed by atoms with E-state index in [1.54, 1.807) is 6.07 Å². The number of ketones is 1. The van der Waals surface area contributed by atoms with Crippen molar-refractivity contribution < 1.29 is 24.2 Å². The number of carbonyl (C=O) groups is 2. The fourth-order valence-electron chi connectivity index (χ4n) is 4.12. The number of aryl methyl sites for hydroxylation is 2. The predicted octanol–water partition coefficient (Wildman–Crippen LogP) is 5.60. The Hall–Kier alpha value is -3.77. The Kier molecular flexibility index (Phi) is 6.35. The van der Waals surface area contributed by atoms with Crippen LogP contribution >= 0.6 is 11.6 Å². The number of halogens is 1. The molecule has 4 rings (SSSR count). The van der Waals surface area contributed by atoms with Gasteiger partial charge in [-0.25, -0.2) is 0 Å². The lowest BCUT2D eigenvalue weighted by Crippen LogP contribution is -2.29. The highest BCUT2D eigenvalue weighted by atomic mass is 35.5. The Bertz CT molecular complexity index is 1320. The number of Topliss-reactive ketones (excluding diaryl/α,β-unsaturated/α-hetero) is 1. The molecule has 1 fully saturated rings. The highest BCUT2D eigenvalue weighted by molar-refractivity contribution is 6.51. The van der Waals surface area contributed by atoms with Crippen LogP contribution < -0.4 is 14.4 Å². The van der Waals surface area contributed by atoms with Gasteiger partial charge in [-0.05, 0) is 48.7 Å². The minimum absolute atomic E-state index is 0.0473. The molecule has 1 aliphatic heterocycles. The fourth-order valence-corrected chi connectivity index (χ4v) is 4.36. The first-order valence-electron chi connectivity index (χ1n) is 10.6. The van der Waals surface area contributed by atoms with Gasteiger partial charge in [0, 0.05) is 11.8 Å². The third-order valence-corrected chi connectivity index (χ3v) is 6.35. The quantitative estimate of drug-likeness (QED) is 0.294. The van der Waals surface area contributed by atoms with Gasteiger partial charge >= 0.3 is 0 Å². The molecule has 0 spiro atoms. The van der Waals surface area contributed by atoms with Crippen LogP contribution in [0.2, 0.25) is 5.02 Å². The van der Waals surface area contributed by atoms with Crippen molar-refractivity contribution in [2.24, 2.45) is 0 Å². The number of anilines is 1. The molecule has 1 aliphatic rings. The topological polar surface area (TPSA) is 76.1 Å². The molecule has 7 heteroatoms. The van der Waals surface area contributed by atoms with Crippen LogP contribution in [0.25, 0.3) is 5.76 Å². The molecule has 3 aromatic rings. The molecule has 1 N–H and O–H groups in total. The van der Waals surface area contributed by atoms with E-state index in [1.165, 1.54) is 31.3 Å². The molecule has 1 saturated heterocycles. The number of nitrogens with zero attached hydrogens (tertiary/aromatic N) is 1. The maximum atomic E-state index is 13.3. The summed E-state index contributed by atoms with van der Waals surface area (Å²) >= 11 is 6.31. The van der Waals surface area contributed by atoms with Crippen LogP contribution in [-0.4, -0.2) is 31.0 Å². The van der Waals surface area contributed by atoms with Gasteiger partial charge in [-0.15, -0.1) is 0 Å². The smallest absolute Gasteiger partial charge is 0.300 e. The molecule has 3 aromatic carbocycles. The van der Waals surface area contributed by atoms with Crippen molar-refractivity contribution in [3.05, 3.63) is 93.5 Å². The number of aliphatic hydroxyl groups is 1. The molecular weight excluding hydrogens is 454 g/mol. The number of ether oxygens (including phenoxy) is 2. The molecular formula is C27H24ClNO5. The van der Waals surface area contributed by atoms with Gasteiger partial charge < -0.3 is 14.6 Å². The third-order valence-electron chi connectivity index (χ3n) is 6.06. The molecule has 34 heavy (non-hydrogen) atoms. The molecule has 0 aliphatic carbocycles. The summed E-state index contributed by atoms with van der Waals surface area (Å²) < 4.78 is 10.7. The lowest BCUT2D eigenvalue weighted by molar-refractivity contribution is -0.132. The van der Waals surface area contributed by atoms with Crippen molar-refractivity contribution in [3.8, 4) is 11.5 Å². The van der Waals surface area contributed by atoms with E-state index in [0.29, 0.717) is 17.0 Å². The second-order valence-electron chi connectivity index (χ2n) is 8.04. The third kappa shape index (κ3) is 3.90. The van der Waals surface area contributed by atoms with Crippen LogP contribution in [0.5, 0.6) is 11.5 Å². The number of hydrogen-bond acceptors (Lipinski definition) is 5. The van der Waals surface area contributed by atoms with Gasteiger partial charge in [-0.2, -0.15) is 0 Å². The van der Waals surface area contributed by atoms with Crippen molar-refractivity contribution in [2.45, 2.75) is 19.9 Å². The second kappa shape index (κ2) is 9.23. The lowest BCUT2D eigenvalue weighted by atomic mass is 9.94. The van der Waals surface area contributed by atoms with Gasteiger partial charge in [-0.1, -0.05) is 48.0 Å². The van der Waals surface area contributed by atoms with Crippen LogP contribution in [0.15, 0.2) is 66.2 Å². The summed E-state index contributed by atoms with van der Waals surface area (Å²) in [7, 11) is 2.90. The van der Waals surface area contributed by atoms with Crippen LogP contribution in [0.4, 0.5) is 5.69 Å². The number of carbonyl (C=O) groups excluding carboxylic acids is 2. The Morgan fingerprint density at radius 2 is 1.59 bits per heavy atom. The molecule has 1 amide bonds. The number of aliphatic hydroxyl groups excluding tert-OH is 1. The summed E-state index contributed by atoms with van der Waals surface area (Å²) in [4.78, 5) is 28.1. The first kappa shape index (κ1) is 23.4. The van der Waals surface area contributed by atoms with Gasteiger partial charge in [0.05, 0.1) is 36.4 Å². The van der Waals surface area contributed by atoms with E-state index in [4.69, 9.17) is 21.1 Å². The number of methoxy groups -OCH3 is 2. The molecule has 6 nitrogen and oxygen atoms in total. The van der Waals surface area contributed by atoms with E-state index < -0.39 is 17.7 Å². The first-order chi connectivity index (χ1) is 16.3. The maximum absolute atomic E-state index is 13.3. The van der Waals surface area contributed by atoms with Gasteiger partial charge in [0.2, 0.25) is 0 Å². The molecule has 0 bridgehead atoms. The number of rotatable bonds is 5. The van der Waals surface area contributed by atoms with Gasteiger partial charge in [-0.3, -0.25) is 14.5 Å². The Morgan fingerprint density at radius 1 is 0.912 bits per heavy atom. The molecule has 0 radical (unpaired) electrons. The highest BCUT2D eigenvalue weighted by Crippen LogP contribution is 2.44. The summed E-state index contributed by atoms with van der Waals surface area (Å²) in [5.74, 6) is -1.29. The molecule has 0 aromatic heterocycles.